The van der Waals surface area contributed by atoms with Gasteiger partial charge in [-0.2, -0.15) is 0 Å². The van der Waals surface area contributed by atoms with Crippen molar-refractivity contribution in [3.05, 3.63) is 28.8 Å². The maximum atomic E-state index is 11.1. The van der Waals surface area contributed by atoms with E-state index in [1.807, 2.05) is 25.1 Å². The molecule has 3 nitrogen and oxygen atoms in total. The molecule has 4 heteroatoms. The van der Waals surface area contributed by atoms with Crippen LogP contribution in [0.1, 0.15) is 12.0 Å². The van der Waals surface area contributed by atoms with E-state index < -0.39 is 0 Å². The van der Waals surface area contributed by atoms with E-state index in [4.69, 9.17) is 17.3 Å². The van der Waals surface area contributed by atoms with Crippen LogP contribution in [0.3, 0.4) is 0 Å². The number of carbonyl (C=O) groups excluding carboxylic acids is 1. The summed E-state index contributed by atoms with van der Waals surface area (Å²) < 4.78 is 0. The number of rotatable bonds is 2. The highest BCUT2D eigenvalue weighted by Gasteiger charge is 2.26. The van der Waals surface area contributed by atoms with E-state index in [2.05, 4.69) is 4.90 Å². The lowest BCUT2D eigenvalue weighted by Gasteiger charge is -2.19. The number of anilines is 1. The molecule has 0 aliphatic carbocycles. The summed E-state index contributed by atoms with van der Waals surface area (Å²) in [6, 6.07) is 5.92. The summed E-state index contributed by atoms with van der Waals surface area (Å²) in [6.45, 7) is 3.58. The summed E-state index contributed by atoms with van der Waals surface area (Å²) in [6.07, 6.45) is 0.844. The van der Waals surface area contributed by atoms with Gasteiger partial charge in [0.25, 0.3) is 0 Å². The third-order valence-electron chi connectivity index (χ3n) is 3.10. The predicted molar refractivity (Wildman–Crippen MR) is 65.7 cm³/mol. The maximum Gasteiger partial charge on any atom is 0.222 e. The van der Waals surface area contributed by atoms with Crippen molar-refractivity contribution in [1.82, 2.24) is 0 Å². The highest BCUT2D eigenvalue weighted by molar-refractivity contribution is 6.31. The van der Waals surface area contributed by atoms with Crippen molar-refractivity contribution in [3.8, 4) is 0 Å². The van der Waals surface area contributed by atoms with Gasteiger partial charge in [0.05, 0.1) is 5.92 Å². The smallest absolute Gasteiger partial charge is 0.222 e. The maximum absolute atomic E-state index is 11.1. The van der Waals surface area contributed by atoms with E-state index in [9.17, 15) is 4.79 Å². The number of nitrogens with two attached hydrogens (primary N) is 1. The molecule has 0 spiro atoms. The number of amides is 1. The Balaban J connectivity index is 2.14. The van der Waals surface area contributed by atoms with Crippen molar-refractivity contribution in [1.29, 1.82) is 0 Å². The van der Waals surface area contributed by atoms with Crippen molar-refractivity contribution < 1.29 is 4.79 Å². The van der Waals surface area contributed by atoms with Gasteiger partial charge in [-0.25, -0.2) is 0 Å². The number of carbonyl (C=O) groups is 1. The molecule has 0 aromatic heterocycles. The molecule has 1 aromatic rings. The average molecular weight is 239 g/mol. The molecule has 2 rings (SSSR count). The first kappa shape index (κ1) is 11.3. The quantitative estimate of drug-likeness (QED) is 0.856. The van der Waals surface area contributed by atoms with Crippen LogP contribution in [-0.4, -0.2) is 19.0 Å². The number of aryl methyl sites for hydroxylation is 1. The molecule has 0 saturated carbocycles. The second kappa shape index (κ2) is 4.34. The lowest BCUT2D eigenvalue weighted by molar-refractivity contribution is -0.121. The summed E-state index contributed by atoms with van der Waals surface area (Å²) >= 11 is 5.97. The van der Waals surface area contributed by atoms with E-state index in [1.165, 1.54) is 0 Å². The fourth-order valence-corrected chi connectivity index (χ4v) is 2.17. The van der Waals surface area contributed by atoms with Crippen LogP contribution in [0.25, 0.3) is 0 Å². The SMILES string of the molecule is Cc1cc(N2CCC(C(N)=O)C2)ccc1Cl. The Morgan fingerprint density at radius 3 is 2.88 bits per heavy atom. The summed E-state index contributed by atoms with van der Waals surface area (Å²) in [5.74, 6) is -0.218. The summed E-state index contributed by atoms with van der Waals surface area (Å²) in [4.78, 5) is 13.3. The van der Waals surface area contributed by atoms with Gasteiger partial charge in [0.1, 0.15) is 0 Å². The van der Waals surface area contributed by atoms with Crippen molar-refractivity contribution in [3.63, 3.8) is 0 Å². The zero-order valence-electron chi connectivity index (χ0n) is 9.24. The van der Waals surface area contributed by atoms with Crippen LogP contribution >= 0.6 is 11.6 Å². The van der Waals surface area contributed by atoms with Crippen molar-refractivity contribution in [2.24, 2.45) is 11.7 Å². The molecule has 86 valence electrons. The molecular weight excluding hydrogens is 224 g/mol. The minimum Gasteiger partial charge on any atom is -0.371 e. The molecule has 0 radical (unpaired) electrons. The van der Waals surface area contributed by atoms with Gasteiger partial charge in [0.2, 0.25) is 5.91 Å². The van der Waals surface area contributed by atoms with Gasteiger partial charge >= 0.3 is 0 Å². The molecule has 1 aliphatic rings. The van der Waals surface area contributed by atoms with E-state index in [0.29, 0.717) is 0 Å². The van der Waals surface area contributed by atoms with Crippen LogP contribution in [0, 0.1) is 12.8 Å². The Bertz CT molecular complexity index is 419. The van der Waals surface area contributed by atoms with E-state index in [1.54, 1.807) is 0 Å². The molecule has 1 aromatic carbocycles. The fraction of sp³-hybridized carbons (Fsp3) is 0.417. The normalized spacial score (nSPS) is 20.1. The number of nitrogens with zero attached hydrogens (tertiary/aromatic N) is 1. The van der Waals surface area contributed by atoms with Gasteiger partial charge in [-0.05, 0) is 37.1 Å². The Kier molecular flexibility index (Phi) is 3.06. The first-order chi connectivity index (χ1) is 7.58. The van der Waals surface area contributed by atoms with Gasteiger partial charge in [-0.15, -0.1) is 0 Å². The Labute approximate surface area is 100 Å². The van der Waals surface area contributed by atoms with Gasteiger partial charge < -0.3 is 10.6 Å². The lowest BCUT2D eigenvalue weighted by atomic mass is 10.1. The zero-order chi connectivity index (χ0) is 11.7. The van der Waals surface area contributed by atoms with Crippen LogP contribution in [0.4, 0.5) is 5.69 Å². The largest absolute Gasteiger partial charge is 0.371 e. The number of halogens is 1. The van der Waals surface area contributed by atoms with Crippen LogP contribution < -0.4 is 10.6 Å². The first-order valence-electron chi connectivity index (χ1n) is 5.38. The third kappa shape index (κ3) is 2.14. The van der Waals surface area contributed by atoms with E-state index >= 15 is 0 Å². The highest BCUT2D eigenvalue weighted by atomic mass is 35.5. The minimum atomic E-state index is -0.201. The molecule has 1 saturated heterocycles. The summed E-state index contributed by atoms with van der Waals surface area (Å²) in [7, 11) is 0. The molecule has 16 heavy (non-hydrogen) atoms. The minimum absolute atomic E-state index is 0.0176. The molecular formula is C12H15ClN2O. The van der Waals surface area contributed by atoms with Crippen LogP contribution in [0.2, 0.25) is 5.02 Å². The number of primary amides is 1. The molecule has 1 atom stereocenters. The summed E-state index contributed by atoms with van der Waals surface area (Å²) in [5.41, 5.74) is 7.48. The van der Waals surface area contributed by atoms with Crippen LogP contribution in [0.15, 0.2) is 18.2 Å². The molecule has 2 N–H and O–H groups in total. The van der Waals surface area contributed by atoms with Gasteiger partial charge in [-0.3, -0.25) is 4.79 Å². The standard InChI is InChI=1S/C12H15ClN2O/c1-8-6-10(2-3-11(8)13)15-5-4-9(7-15)12(14)16/h2-3,6,9H,4-5,7H2,1H3,(H2,14,16). The van der Waals surface area contributed by atoms with Crippen LogP contribution in [0.5, 0.6) is 0 Å². The van der Waals surface area contributed by atoms with Gasteiger partial charge in [-0.1, -0.05) is 11.6 Å². The second-order valence-electron chi connectivity index (χ2n) is 4.27. The van der Waals surface area contributed by atoms with Gasteiger partial charge in [0.15, 0.2) is 0 Å². The fourth-order valence-electron chi connectivity index (χ4n) is 2.05. The van der Waals surface area contributed by atoms with Crippen molar-refractivity contribution in [2.75, 3.05) is 18.0 Å². The first-order valence-corrected chi connectivity index (χ1v) is 5.76. The molecule has 1 aliphatic heterocycles. The molecule has 1 amide bonds. The van der Waals surface area contributed by atoms with Crippen LogP contribution in [-0.2, 0) is 4.79 Å². The lowest BCUT2D eigenvalue weighted by Crippen LogP contribution is -2.27. The van der Waals surface area contributed by atoms with Crippen molar-refractivity contribution in [2.45, 2.75) is 13.3 Å². The molecule has 1 fully saturated rings. The highest BCUT2D eigenvalue weighted by Crippen LogP contribution is 2.27. The number of hydrogen-bond donors (Lipinski definition) is 1. The molecule has 1 heterocycles. The predicted octanol–water partition coefficient (Wildman–Crippen LogP) is 1.96. The van der Waals surface area contributed by atoms with Crippen molar-refractivity contribution >= 4 is 23.2 Å². The van der Waals surface area contributed by atoms with E-state index in [-0.39, 0.29) is 11.8 Å². The van der Waals surface area contributed by atoms with Gasteiger partial charge in [0, 0.05) is 23.8 Å². The molecule has 0 bridgehead atoms. The number of hydrogen-bond acceptors (Lipinski definition) is 2. The second-order valence-corrected chi connectivity index (χ2v) is 4.67. The average Bonchev–Trinajstić information content (AvgIpc) is 2.71. The third-order valence-corrected chi connectivity index (χ3v) is 3.52. The Morgan fingerprint density at radius 2 is 2.31 bits per heavy atom. The summed E-state index contributed by atoms with van der Waals surface area (Å²) in [5, 5.41) is 0.773. The van der Waals surface area contributed by atoms with E-state index in [0.717, 1.165) is 35.8 Å². The monoisotopic (exact) mass is 238 g/mol. The Morgan fingerprint density at radius 1 is 1.56 bits per heavy atom. The topological polar surface area (TPSA) is 46.3 Å². The molecule has 1 unspecified atom stereocenters. The number of benzene rings is 1. The zero-order valence-corrected chi connectivity index (χ0v) is 10.00. The Hall–Kier alpha value is -1.22.